The van der Waals surface area contributed by atoms with Crippen LogP contribution in [0.15, 0.2) is 24.3 Å². The number of anilines is 1. The van der Waals surface area contributed by atoms with Crippen LogP contribution in [0.1, 0.15) is 19.8 Å². The number of nitriles is 1. The number of amides is 2. The lowest BCUT2D eigenvalue weighted by Crippen LogP contribution is -2.50. The van der Waals surface area contributed by atoms with Gasteiger partial charge in [-0.2, -0.15) is 5.26 Å². The Bertz CT molecular complexity index is 681. The third kappa shape index (κ3) is 5.47. The zero-order valence-corrected chi connectivity index (χ0v) is 14.8. The number of carbonyl (C=O) groups excluding carboxylic acids is 2. The van der Waals surface area contributed by atoms with Crippen molar-refractivity contribution in [3.63, 3.8) is 0 Å². The van der Waals surface area contributed by atoms with Crippen molar-refractivity contribution in [1.29, 1.82) is 5.26 Å². The maximum Gasteiger partial charge on any atom is 0.238 e. The molecule has 2 rings (SSSR count). The first kappa shape index (κ1) is 18.7. The molecule has 1 aliphatic rings. The Labute approximate surface area is 147 Å². The second-order valence-electron chi connectivity index (χ2n) is 6.59. The van der Waals surface area contributed by atoms with E-state index in [1.54, 1.807) is 50.2 Å². The Hall–Kier alpha value is -2.59. The topological polar surface area (TPSA) is 94.5 Å². The van der Waals surface area contributed by atoms with Gasteiger partial charge in [0, 0.05) is 11.8 Å². The predicted octanol–water partition coefficient (Wildman–Crippen LogP) is 1.37. The lowest BCUT2D eigenvalue weighted by molar-refractivity contribution is -0.124. The maximum absolute atomic E-state index is 12.1. The fourth-order valence-corrected chi connectivity index (χ4v) is 2.66. The molecule has 134 valence electrons. The van der Waals surface area contributed by atoms with Gasteiger partial charge in [0.15, 0.2) is 0 Å². The fraction of sp³-hybridized carbons (Fsp3) is 0.500. The molecule has 2 N–H and O–H groups in total. The minimum Gasteiger partial charge on any atom is -0.497 e. The number of likely N-dealkylation sites (N-methyl/N-ethyl adjacent to an activating group) is 1. The van der Waals surface area contributed by atoms with E-state index in [1.807, 2.05) is 0 Å². The van der Waals surface area contributed by atoms with Crippen molar-refractivity contribution in [1.82, 2.24) is 10.2 Å². The molecule has 1 fully saturated rings. The number of rotatable bonds is 8. The van der Waals surface area contributed by atoms with Crippen LogP contribution in [-0.2, 0) is 9.59 Å². The molecule has 7 heteroatoms. The molecule has 1 aromatic carbocycles. The van der Waals surface area contributed by atoms with Crippen LogP contribution in [-0.4, -0.2) is 49.5 Å². The van der Waals surface area contributed by atoms with E-state index in [4.69, 9.17) is 4.74 Å². The predicted molar refractivity (Wildman–Crippen MR) is 94.0 cm³/mol. The molecule has 0 heterocycles. The van der Waals surface area contributed by atoms with Crippen LogP contribution in [0.2, 0.25) is 0 Å². The zero-order chi connectivity index (χ0) is 18.4. The van der Waals surface area contributed by atoms with Gasteiger partial charge in [-0.3, -0.25) is 14.5 Å². The van der Waals surface area contributed by atoms with E-state index < -0.39 is 5.54 Å². The third-order valence-corrected chi connectivity index (χ3v) is 4.21. The van der Waals surface area contributed by atoms with E-state index in [0.717, 1.165) is 12.8 Å². The quantitative estimate of drug-likeness (QED) is 0.743. The number of carbonyl (C=O) groups is 2. The molecule has 1 atom stereocenters. The molecule has 0 aromatic heterocycles. The molecular weight excluding hydrogens is 320 g/mol. The second kappa shape index (κ2) is 7.99. The highest BCUT2D eigenvalue weighted by Gasteiger charge is 2.43. The number of methoxy groups -OCH3 is 1. The maximum atomic E-state index is 12.1. The molecule has 7 nitrogen and oxygen atoms in total. The molecule has 25 heavy (non-hydrogen) atoms. The van der Waals surface area contributed by atoms with Crippen molar-refractivity contribution in [2.75, 3.05) is 32.6 Å². The van der Waals surface area contributed by atoms with Crippen LogP contribution in [0.4, 0.5) is 5.69 Å². The lowest BCUT2D eigenvalue weighted by Gasteiger charge is -2.24. The molecule has 0 bridgehead atoms. The van der Waals surface area contributed by atoms with Crippen LogP contribution >= 0.6 is 0 Å². The molecule has 0 aliphatic heterocycles. The number of benzene rings is 1. The first-order valence-electron chi connectivity index (χ1n) is 8.21. The molecule has 0 spiro atoms. The zero-order valence-electron chi connectivity index (χ0n) is 14.8. The van der Waals surface area contributed by atoms with Gasteiger partial charge in [0.05, 0.1) is 26.3 Å². The minimum absolute atomic E-state index is 0.0511. The van der Waals surface area contributed by atoms with Crippen LogP contribution in [0.25, 0.3) is 0 Å². The SMILES string of the molecule is COc1cccc(NC(=O)CN(C)CC(=O)N[C@@](C)(C#N)C2CC2)c1. The van der Waals surface area contributed by atoms with E-state index in [-0.39, 0.29) is 30.8 Å². The summed E-state index contributed by atoms with van der Waals surface area (Å²) in [7, 11) is 3.25. The van der Waals surface area contributed by atoms with Gasteiger partial charge in [0.1, 0.15) is 11.3 Å². The molecule has 1 aromatic rings. The Morgan fingerprint density at radius 3 is 2.64 bits per heavy atom. The van der Waals surface area contributed by atoms with Crippen molar-refractivity contribution in [3.05, 3.63) is 24.3 Å². The van der Waals surface area contributed by atoms with Crippen molar-refractivity contribution in [2.24, 2.45) is 5.92 Å². The Morgan fingerprint density at radius 1 is 1.36 bits per heavy atom. The van der Waals surface area contributed by atoms with Gasteiger partial charge in [0.25, 0.3) is 0 Å². The highest BCUT2D eigenvalue weighted by molar-refractivity contribution is 5.92. The summed E-state index contributed by atoms with van der Waals surface area (Å²) in [6.45, 7) is 1.87. The first-order valence-corrected chi connectivity index (χ1v) is 8.21. The number of hydrogen-bond donors (Lipinski definition) is 2. The van der Waals surface area contributed by atoms with E-state index >= 15 is 0 Å². The lowest BCUT2D eigenvalue weighted by atomic mass is 9.98. The van der Waals surface area contributed by atoms with Crippen LogP contribution in [0.5, 0.6) is 5.75 Å². The van der Waals surface area contributed by atoms with Crippen molar-refractivity contribution in [3.8, 4) is 11.8 Å². The molecule has 0 radical (unpaired) electrons. The van der Waals surface area contributed by atoms with Crippen molar-refractivity contribution in [2.45, 2.75) is 25.3 Å². The first-order chi connectivity index (χ1) is 11.9. The normalized spacial score (nSPS) is 15.8. The number of ether oxygens (including phenoxy) is 1. The average molecular weight is 344 g/mol. The molecular formula is C18H24N4O3. The van der Waals surface area contributed by atoms with E-state index in [9.17, 15) is 14.9 Å². The van der Waals surface area contributed by atoms with Crippen LogP contribution in [0, 0.1) is 17.2 Å². The van der Waals surface area contributed by atoms with Crippen molar-refractivity contribution >= 4 is 17.5 Å². The van der Waals surface area contributed by atoms with Gasteiger partial charge in [-0.05, 0) is 44.9 Å². The van der Waals surface area contributed by atoms with E-state index in [2.05, 4.69) is 16.7 Å². The van der Waals surface area contributed by atoms with Gasteiger partial charge in [-0.15, -0.1) is 0 Å². The van der Waals surface area contributed by atoms with Crippen molar-refractivity contribution < 1.29 is 14.3 Å². The molecule has 1 saturated carbocycles. The highest BCUT2D eigenvalue weighted by atomic mass is 16.5. The summed E-state index contributed by atoms with van der Waals surface area (Å²) >= 11 is 0. The number of nitrogens with one attached hydrogen (secondary N) is 2. The Kier molecular flexibility index (Phi) is 5.99. The minimum atomic E-state index is -0.819. The number of nitrogens with zero attached hydrogens (tertiary/aromatic N) is 2. The van der Waals surface area contributed by atoms with Gasteiger partial charge < -0.3 is 15.4 Å². The van der Waals surface area contributed by atoms with Crippen LogP contribution < -0.4 is 15.4 Å². The molecule has 0 saturated heterocycles. The smallest absolute Gasteiger partial charge is 0.238 e. The van der Waals surface area contributed by atoms with E-state index in [0.29, 0.717) is 11.4 Å². The summed E-state index contributed by atoms with van der Waals surface area (Å²) in [6.07, 6.45) is 1.92. The summed E-state index contributed by atoms with van der Waals surface area (Å²) in [4.78, 5) is 25.8. The summed E-state index contributed by atoms with van der Waals surface area (Å²) in [5, 5.41) is 14.8. The summed E-state index contributed by atoms with van der Waals surface area (Å²) < 4.78 is 5.11. The molecule has 0 unspecified atom stereocenters. The Morgan fingerprint density at radius 2 is 2.04 bits per heavy atom. The average Bonchev–Trinajstić information content (AvgIpc) is 3.39. The molecule has 1 aliphatic carbocycles. The standard InChI is InChI=1S/C18H24N4O3/c1-18(12-19,13-7-8-13)21-17(24)11-22(2)10-16(23)20-14-5-4-6-15(9-14)25-3/h4-6,9,13H,7-8,10-11H2,1-3H3,(H,20,23)(H,21,24)/t18-/m0/s1. The highest BCUT2D eigenvalue weighted by Crippen LogP contribution is 2.39. The van der Waals surface area contributed by atoms with Crippen LogP contribution in [0.3, 0.4) is 0 Å². The molecule has 2 amide bonds. The largest absolute Gasteiger partial charge is 0.497 e. The monoisotopic (exact) mass is 344 g/mol. The van der Waals surface area contributed by atoms with E-state index in [1.165, 1.54) is 0 Å². The summed E-state index contributed by atoms with van der Waals surface area (Å²) in [6, 6.07) is 9.25. The third-order valence-electron chi connectivity index (χ3n) is 4.21. The van der Waals surface area contributed by atoms with Gasteiger partial charge in [-0.25, -0.2) is 0 Å². The number of hydrogen-bond acceptors (Lipinski definition) is 5. The second-order valence-corrected chi connectivity index (χ2v) is 6.59. The van der Waals surface area contributed by atoms with Gasteiger partial charge in [0.2, 0.25) is 11.8 Å². The summed E-state index contributed by atoms with van der Waals surface area (Å²) in [5.74, 6) is 0.394. The summed E-state index contributed by atoms with van der Waals surface area (Å²) in [5.41, 5.74) is -0.186. The van der Waals surface area contributed by atoms with Gasteiger partial charge >= 0.3 is 0 Å². The fourth-order valence-electron chi connectivity index (χ4n) is 2.66. The van der Waals surface area contributed by atoms with Gasteiger partial charge in [-0.1, -0.05) is 6.07 Å². The Balaban J connectivity index is 1.80.